The molecule has 2 N–H and O–H groups in total. The van der Waals surface area contributed by atoms with Gasteiger partial charge in [0.1, 0.15) is 0 Å². The Kier molecular flexibility index (Phi) is 6.94. The third-order valence-corrected chi connectivity index (χ3v) is 5.20. The van der Waals surface area contributed by atoms with Crippen molar-refractivity contribution in [1.82, 2.24) is 15.5 Å². The smallest absolute Gasteiger partial charge is 0.321 e. The summed E-state index contributed by atoms with van der Waals surface area (Å²) in [6, 6.07) is 23.3. The van der Waals surface area contributed by atoms with Crippen molar-refractivity contribution >= 4 is 23.3 Å². The second-order valence-electron chi connectivity index (χ2n) is 6.45. The summed E-state index contributed by atoms with van der Waals surface area (Å²) in [6.45, 7) is 0.504. The number of rotatable bonds is 7. The van der Waals surface area contributed by atoms with Gasteiger partial charge in [0.25, 0.3) is 0 Å². The van der Waals surface area contributed by atoms with Gasteiger partial charge in [0.15, 0.2) is 0 Å². The van der Waals surface area contributed by atoms with E-state index in [1.807, 2.05) is 90.1 Å². The summed E-state index contributed by atoms with van der Waals surface area (Å²) in [4.78, 5) is 27.3. The van der Waals surface area contributed by atoms with Crippen LogP contribution in [-0.2, 0) is 11.3 Å². The number of nitrogens with one attached hydrogen (secondary N) is 2. The number of carbonyl (C=O) groups is 2. The normalized spacial score (nSPS) is 10.8. The Morgan fingerprint density at radius 3 is 2.07 bits per heavy atom. The molecule has 3 aromatic rings. The molecule has 0 spiro atoms. The summed E-state index contributed by atoms with van der Waals surface area (Å²) in [7, 11) is 1.88. The Labute approximate surface area is 169 Å². The molecule has 28 heavy (non-hydrogen) atoms. The number of thiophene rings is 1. The molecule has 3 rings (SSSR count). The maximum absolute atomic E-state index is 12.4. The van der Waals surface area contributed by atoms with Crippen molar-refractivity contribution in [1.29, 1.82) is 0 Å². The van der Waals surface area contributed by atoms with Crippen LogP contribution in [0, 0.1) is 0 Å². The van der Waals surface area contributed by atoms with Gasteiger partial charge in [-0.25, -0.2) is 4.79 Å². The Morgan fingerprint density at radius 1 is 0.929 bits per heavy atom. The molecule has 0 atom stereocenters. The lowest BCUT2D eigenvalue weighted by Gasteiger charge is -2.28. The van der Waals surface area contributed by atoms with E-state index >= 15 is 0 Å². The van der Waals surface area contributed by atoms with Crippen LogP contribution in [-0.4, -0.2) is 30.4 Å². The molecule has 1 heterocycles. The Morgan fingerprint density at radius 2 is 1.54 bits per heavy atom. The highest BCUT2D eigenvalue weighted by molar-refractivity contribution is 7.09. The Hall–Kier alpha value is -2.96. The molecule has 0 aliphatic heterocycles. The van der Waals surface area contributed by atoms with Crippen LogP contribution in [0.1, 0.15) is 22.0 Å². The maximum atomic E-state index is 12.4. The van der Waals surface area contributed by atoms with Crippen LogP contribution < -0.4 is 10.6 Å². The standard InChI is InChI=1S/C22H23N3O2S/c1-25(16-20(26)24-22(27)23-15-19-13-8-14-28-19)21(17-9-4-2-5-10-17)18-11-6-3-7-12-18/h2-14,21H,15-16H2,1H3,(H2,23,24,26,27). The third-order valence-electron chi connectivity index (χ3n) is 4.32. The van der Waals surface area contributed by atoms with E-state index in [2.05, 4.69) is 10.6 Å². The first-order valence-corrected chi connectivity index (χ1v) is 9.91. The zero-order valence-electron chi connectivity index (χ0n) is 15.7. The number of imide groups is 1. The third kappa shape index (κ3) is 5.52. The molecule has 0 saturated heterocycles. The van der Waals surface area contributed by atoms with Gasteiger partial charge >= 0.3 is 6.03 Å². The molecular weight excluding hydrogens is 370 g/mol. The molecule has 5 nitrogen and oxygen atoms in total. The van der Waals surface area contributed by atoms with Gasteiger partial charge in [-0.3, -0.25) is 15.0 Å². The number of likely N-dealkylation sites (N-methyl/N-ethyl adjacent to an activating group) is 1. The zero-order valence-corrected chi connectivity index (χ0v) is 16.5. The average molecular weight is 394 g/mol. The summed E-state index contributed by atoms with van der Waals surface area (Å²) < 4.78 is 0. The maximum Gasteiger partial charge on any atom is 0.321 e. The van der Waals surface area contributed by atoms with Gasteiger partial charge in [0.2, 0.25) is 5.91 Å². The average Bonchev–Trinajstić information content (AvgIpc) is 3.22. The predicted octanol–water partition coefficient (Wildman–Crippen LogP) is 3.80. The molecular formula is C22H23N3O2S. The quantitative estimate of drug-likeness (QED) is 0.642. The lowest BCUT2D eigenvalue weighted by molar-refractivity contribution is -0.121. The SMILES string of the molecule is CN(CC(=O)NC(=O)NCc1cccs1)C(c1ccccc1)c1ccccc1. The van der Waals surface area contributed by atoms with E-state index in [0.717, 1.165) is 16.0 Å². The van der Waals surface area contributed by atoms with Gasteiger partial charge in [-0.15, -0.1) is 11.3 Å². The van der Waals surface area contributed by atoms with E-state index in [1.54, 1.807) is 11.3 Å². The molecule has 6 heteroatoms. The fourth-order valence-electron chi connectivity index (χ4n) is 3.08. The van der Waals surface area contributed by atoms with Crippen molar-refractivity contribution in [3.8, 4) is 0 Å². The van der Waals surface area contributed by atoms with Gasteiger partial charge in [-0.05, 0) is 29.6 Å². The van der Waals surface area contributed by atoms with Gasteiger partial charge in [0.05, 0.1) is 19.1 Å². The second-order valence-corrected chi connectivity index (χ2v) is 7.48. The highest BCUT2D eigenvalue weighted by Gasteiger charge is 2.21. The number of urea groups is 1. The van der Waals surface area contributed by atoms with Crippen molar-refractivity contribution in [3.63, 3.8) is 0 Å². The van der Waals surface area contributed by atoms with E-state index in [4.69, 9.17) is 0 Å². The van der Waals surface area contributed by atoms with E-state index in [-0.39, 0.29) is 18.5 Å². The molecule has 0 bridgehead atoms. The van der Waals surface area contributed by atoms with Gasteiger partial charge in [-0.1, -0.05) is 66.7 Å². The van der Waals surface area contributed by atoms with Crippen molar-refractivity contribution in [2.75, 3.05) is 13.6 Å². The minimum Gasteiger partial charge on any atom is -0.333 e. The van der Waals surface area contributed by atoms with Gasteiger partial charge in [-0.2, -0.15) is 0 Å². The molecule has 2 aromatic carbocycles. The van der Waals surface area contributed by atoms with Crippen LogP contribution in [0.2, 0.25) is 0 Å². The van der Waals surface area contributed by atoms with Crippen LogP contribution in [0.3, 0.4) is 0 Å². The molecule has 0 radical (unpaired) electrons. The zero-order chi connectivity index (χ0) is 19.8. The molecule has 0 unspecified atom stereocenters. The molecule has 0 aliphatic rings. The van der Waals surface area contributed by atoms with E-state index in [1.165, 1.54) is 0 Å². The number of amides is 3. The minimum absolute atomic E-state index is 0.0812. The van der Waals surface area contributed by atoms with E-state index < -0.39 is 6.03 Å². The first-order chi connectivity index (χ1) is 13.6. The van der Waals surface area contributed by atoms with Crippen LogP contribution >= 0.6 is 11.3 Å². The molecule has 0 saturated carbocycles. The van der Waals surface area contributed by atoms with Crippen molar-refractivity contribution in [3.05, 3.63) is 94.2 Å². The number of carbonyl (C=O) groups excluding carboxylic acids is 2. The lowest BCUT2D eigenvalue weighted by atomic mass is 9.97. The summed E-state index contributed by atoms with van der Waals surface area (Å²) in [6.07, 6.45) is 0. The largest absolute Gasteiger partial charge is 0.333 e. The number of hydrogen-bond donors (Lipinski definition) is 2. The molecule has 0 fully saturated rings. The highest BCUT2D eigenvalue weighted by Crippen LogP contribution is 2.27. The molecule has 0 aliphatic carbocycles. The monoisotopic (exact) mass is 393 g/mol. The van der Waals surface area contributed by atoms with Crippen LogP contribution in [0.4, 0.5) is 4.79 Å². The van der Waals surface area contributed by atoms with Gasteiger partial charge < -0.3 is 5.32 Å². The fraction of sp³-hybridized carbons (Fsp3) is 0.182. The van der Waals surface area contributed by atoms with Crippen molar-refractivity contribution in [2.24, 2.45) is 0 Å². The van der Waals surface area contributed by atoms with Crippen LogP contribution in [0.25, 0.3) is 0 Å². The minimum atomic E-state index is -0.484. The Bertz CT molecular complexity index is 843. The molecule has 1 aromatic heterocycles. The topological polar surface area (TPSA) is 61.4 Å². The summed E-state index contributed by atoms with van der Waals surface area (Å²) in [5.41, 5.74) is 2.18. The first kappa shape index (κ1) is 19.8. The number of hydrogen-bond acceptors (Lipinski definition) is 4. The summed E-state index contributed by atoms with van der Waals surface area (Å²) in [5.74, 6) is -0.344. The highest BCUT2D eigenvalue weighted by atomic mass is 32.1. The predicted molar refractivity (Wildman–Crippen MR) is 112 cm³/mol. The number of nitrogens with zero attached hydrogens (tertiary/aromatic N) is 1. The lowest BCUT2D eigenvalue weighted by Crippen LogP contribution is -2.44. The number of benzene rings is 2. The van der Waals surface area contributed by atoms with Crippen molar-refractivity contribution in [2.45, 2.75) is 12.6 Å². The fourth-order valence-corrected chi connectivity index (χ4v) is 3.73. The van der Waals surface area contributed by atoms with E-state index in [9.17, 15) is 9.59 Å². The first-order valence-electron chi connectivity index (χ1n) is 9.03. The summed E-state index contributed by atoms with van der Waals surface area (Å²) >= 11 is 1.56. The summed E-state index contributed by atoms with van der Waals surface area (Å²) in [5, 5.41) is 7.05. The second kappa shape index (κ2) is 9.82. The van der Waals surface area contributed by atoms with Crippen molar-refractivity contribution < 1.29 is 9.59 Å². The Balaban J connectivity index is 1.62. The molecule has 3 amide bonds. The molecule has 144 valence electrons. The van der Waals surface area contributed by atoms with Crippen LogP contribution in [0.15, 0.2) is 78.2 Å². The van der Waals surface area contributed by atoms with E-state index in [0.29, 0.717) is 6.54 Å². The van der Waals surface area contributed by atoms with Crippen LogP contribution in [0.5, 0.6) is 0 Å². The van der Waals surface area contributed by atoms with Gasteiger partial charge in [0, 0.05) is 4.88 Å².